The van der Waals surface area contributed by atoms with Gasteiger partial charge in [-0.15, -0.1) is 0 Å². The van der Waals surface area contributed by atoms with Gasteiger partial charge in [0.15, 0.2) is 11.5 Å². The summed E-state index contributed by atoms with van der Waals surface area (Å²) < 4.78 is 23.4. The smallest absolute Gasteiger partial charge is 0.232 e. The lowest BCUT2D eigenvalue weighted by Gasteiger charge is -2.35. The van der Waals surface area contributed by atoms with E-state index in [0.29, 0.717) is 41.4 Å². The molecule has 6 heteroatoms. The van der Waals surface area contributed by atoms with Gasteiger partial charge in [-0.05, 0) is 45.6 Å². The average molecular weight is 478 g/mol. The van der Waals surface area contributed by atoms with Gasteiger partial charge in [-0.25, -0.2) is 0 Å². The molecule has 0 fully saturated rings. The molecule has 0 aliphatic carbocycles. The van der Waals surface area contributed by atoms with Crippen LogP contribution in [0.2, 0.25) is 11.1 Å². The zero-order chi connectivity index (χ0) is 24.5. The second-order valence-corrected chi connectivity index (χ2v) is 14.1. The van der Waals surface area contributed by atoms with Crippen LogP contribution in [0, 0.1) is 0 Å². The summed E-state index contributed by atoms with van der Waals surface area (Å²) in [5.74, 6) is 1.89. The van der Waals surface area contributed by atoms with Crippen molar-refractivity contribution in [2.24, 2.45) is 0 Å². The van der Waals surface area contributed by atoms with Gasteiger partial charge in [-0.2, -0.15) is 0 Å². The predicted octanol–water partition coefficient (Wildman–Crippen LogP) is 5.87. The lowest BCUT2D eigenvalue weighted by atomic mass is 10.0. The van der Waals surface area contributed by atoms with Crippen molar-refractivity contribution in [2.75, 3.05) is 21.3 Å². The maximum atomic E-state index is 6.75. The first-order chi connectivity index (χ1) is 16.3. The molecule has 5 nitrogen and oxygen atoms in total. The summed E-state index contributed by atoms with van der Waals surface area (Å²) >= 11 is 0. The number of pyridine rings is 1. The molecule has 2 heterocycles. The van der Waals surface area contributed by atoms with E-state index >= 15 is 0 Å². The van der Waals surface area contributed by atoms with Gasteiger partial charge in [-0.3, -0.25) is 4.98 Å². The van der Waals surface area contributed by atoms with Crippen molar-refractivity contribution in [1.82, 2.24) is 4.98 Å². The molecule has 0 saturated heterocycles. The predicted molar refractivity (Wildman–Crippen MR) is 139 cm³/mol. The van der Waals surface area contributed by atoms with E-state index < -0.39 is 8.32 Å². The lowest BCUT2D eigenvalue weighted by Crippen LogP contribution is -2.53. The van der Waals surface area contributed by atoms with Crippen molar-refractivity contribution in [3.8, 4) is 28.5 Å². The highest BCUT2D eigenvalue weighted by Gasteiger charge is 2.51. The summed E-state index contributed by atoms with van der Waals surface area (Å²) in [4.78, 5) is 5.27. The molecule has 0 amide bonds. The Hall–Kier alpha value is -2.83. The fraction of sp³-hybridized carbons (Fsp3) is 0.393. The average Bonchev–Trinajstić information content (AvgIpc) is 3.24. The number of fused-ring (bicyclic) bond motifs is 1. The molecule has 0 N–H and O–H groups in total. The van der Waals surface area contributed by atoms with E-state index in [1.165, 1.54) is 10.8 Å². The molecule has 1 aromatic heterocycles. The fourth-order valence-corrected chi connectivity index (χ4v) is 10.3. The fourth-order valence-electron chi connectivity index (χ4n) is 5.40. The Morgan fingerprint density at radius 3 is 2.03 bits per heavy atom. The van der Waals surface area contributed by atoms with Gasteiger partial charge in [0, 0.05) is 17.7 Å². The Balaban J connectivity index is 1.87. The molecular formula is C28H35NO4Si. The maximum absolute atomic E-state index is 6.75. The largest absolute Gasteiger partial charge is 0.493 e. The van der Waals surface area contributed by atoms with Crippen molar-refractivity contribution in [1.29, 1.82) is 0 Å². The van der Waals surface area contributed by atoms with Gasteiger partial charge in [0.1, 0.15) is 0 Å². The van der Waals surface area contributed by atoms with Gasteiger partial charge in [0.25, 0.3) is 0 Å². The van der Waals surface area contributed by atoms with Crippen LogP contribution in [0.25, 0.3) is 11.3 Å². The summed E-state index contributed by atoms with van der Waals surface area (Å²) in [6.07, 6.45) is 0.655. The van der Waals surface area contributed by atoms with Crippen molar-refractivity contribution >= 4 is 13.5 Å². The Labute approximate surface area is 204 Å². The molecule has 34 heavy (non-hydrogen) atoms. The third-order valence-electron chi connectivity index (χ3n) is 6.88. The van der Waals surface area contributed by atoms with Crippen LogP contribution in [0.3, 0.4) is 0 Å². The summed E-state index contributed by atoms with van der Waals surface area (Å²) in [5, 5.41) is 1.37. The standard InChI is InChI=1S/C28H35NO4Si/c1-18(2)34(19(3)4)28-22(17-33-34)16-23(29-26(28)21-11-9-8-10-12-21)13-20-14-24(30-5)27(32-7)25(15-20)31-6/h8-12,14-16,18-19H,13,17H2,1-7H3. The minimum atomic E-state index is -2.21. The molecule has 3 aromatic rings. The highest BCUT2D eigenvalue weighted by molar-refractivity contribution is 6.90. The monoisotopic (exact) mass is 477 g/mol. The van der Waals surface area contributed by atoms with Crippen LogP contribution < -0.4 is 19.4 Å². The van der Waals surface area contributed by atoms with Gasteiger partial charge in [-0.1, -0.05) is 58.0 Å². The summed E-state index contributed by atoms with van der Waals surface area (Å²) in [5.41, 5.74) is 6.48. The third kappa shape index (κ3) is 4.10. The molecule has 2 aromatic carbocycles. The molecule has 4 rings (SSSR count). The number of hydrogen-bond donors (Lipinski definition) is 0. The minimum absolute atomic E-state index is 0.457. The molecule has 0 atom stereocenters. The van der Waals surface area contributed by atoms with E-state index in [4.69, 9.17) is 23.6 Å². The first kappa shape index (κ1) is 24.3. The van der Waals surface area contributed by atoms with Crippen molar-refractivity contribution in [2.45, 2.75) is 51.8 Å². The lowest BCUT2D eigenvalue weighted by molar-refractivity contribution is 0.299. The molecule has 180 valence electrons. The number of benzene rings is 2. The molecular weight excluding hydrogens is 442 g/mol. The first-order valence-electron chi connectivity index (χ1n) is 11.9. The number of aromatic nitrogens is 1. The zero-order valence-electron chi connectivity index (χ0n) is 21.3. The Kier molecular flexibility index (Phi) is 7.00. The van der Waals surface area contributed by atoms with Gasteiger partial charge < -0.3 is 18.6 Å². The van der Waals surface area contributed by atoms with Gasteiger partial charge >= 0.3 is 0 Å². The molecule has 0 unspecified atom stereocenters. The Morgan fingerprint density at radius 2 is 1.50 bits per heavy atom. The SMILES string of the molecule is COc1cc(Cc2cc3c(c(-c4ccccc4)n2)[Si](C(C)C)(C(C)C)OC3)cc(OC)c1OC. The molecule has 1 aliphatic heterocycles. The Morgan fingerprint density at radius 1 is 0.882 bits per heavy atom. The quantitative estimate of drug-likeness (QED) is 0.380. The third-order valence-corrected chi connectivity index (χ3v) is 12.3. The van der Waals surface area contributed by atoms with Crippen molar-refractivity contribution in [3.05, 3.63) is 65.4 Å². The van der Waals surface area contributed by atoms with E-state index in [9.17, 15) is 0 Å². The molecule has 0 radical (unpaired) electrons. The van der Waals surface area contributed by atoms with Crippen LogP contribution in [0.15, 0.2) is 48.5 Å². The molecule has 1 aliphatic rings. The summed E-state index contributed by atoms with van der Waals surface area (Å²) in [6, 6.07) is 16.8. The minimum Gasteiger partial charge on any atom is -0.493 e. The molecule has 0 saturated carbocycles. The number of rotatable bonds is 8. The Bertz CT molecular complexity index is 1130. The normalized spacial score (nSPS) is 14.4. The van der Waals surface area contributed by atoms with Crippen LogP contribution in [0.1, 0.15) is 44.5 Å². The highest BCUT2D eigenvalue weighted by atomic mass is 28.4. The highest BCUT2D eigenvalue weighted by Crippen LogP contribution is 2.42. The maximum Gasteiger partial charge on any atom is 0.232 e. The van der Waals surface area contributed by atoms with E-state index in [-0.39, 0.29) is 0 Å². The van der Waals surface area contributed by atoms with E-state index in [1.54, 1.807) is 21.3 Å². The number of ether oxygens (including phenoxy) is 3. The van der Waals surface area contributed by atoms with Crippen LogP contribution in [-0.4, -0.2) is 34.6 Å². The topological polar surface area (TPSA) is 49.8 Å². The number of methoxy groups -OCH3 is 3. The van der Waals surface area contributed by atoms with Gasteiger partial charge in [0.05, 0.1) is 33.6 Å². The second-order valence-electron chi connectivity index (χ2n) is 9.46. The zero-order valence-corrected chi connectivity index (χ0v) is 22.3. The van der Waals surface area contributed by atoms with Crippen LogP contribution in [-0.2, 0) is 17.5 Å². The second kappa shape index (κ2) is 9.80. The van der Waals surface area contributed by atoms with E-state index in [2.05, 4.69) is 64.1 Å². The van der Waals surface area contributed by atoms with Crippen LogP contribution >= 0.6 is 0 Å². The van der Waals surface area contributed by atoms with E-state index in [0.717, 1.165) is 22.5 Å². The number of nitrogens with zero attached hydrogens (tertiary/aromatic N) is 1. The first-order valence-corrected chi connectivity index (χ1v) is 13.9. The number of hydrogen-bond acceptors (Lipinski definition) is 5. The van der Waals surface area contributed by atoms with Crippen LogP contribution in [0.5, 0.6) is 17.2 Å². The van der Waals surface area contributed by atoms with Gasteiger partial charge in [0.2, 0.25) is 14.1 Å². The molecule has 0 spiro atoms. The molecule has 0 bridgehead atoms. The van der Waals surface area contributed by atoms with Crippen molar-refractivity contribution < 1.29 is 18.6 Å². The van der Waals surface area contributed by atoms with Crippen molar-refractivity contribution in [3.63, 3.8) is 0 Å². The van der Waals surface area contributed by atoms with E-state index in [1.807, 2.05) is 12.1 Å². The summed E-state index contributed by atoms with van der Waals surface area (Å²) in [6.45, 7) is 9.88. The van der Waals surface area contributed by atoms with Crippen LogP contribution in [0.4, 0.5) is 0 Å². The summed E-state index contributed by atoms with van der Waals surface area (Å²) in [7, 11) is 2.69.